The monoisotopic (exact) mass is 489 g/mol. The molecule has 4 rings (SSSR count). The van der Waals surface area contributed by atoms with Crippen LogP contribution in [0.2, 0.25) is 0 Å². The Bertz CT molecular complexity index is 1470. The largest absolute Gasteiger partial charge is 0.436 e. The maximum Gasteiger partial charge on any atom is 0.256 e. The molecule has 180 valence electrons. The zero-order chi connectivity index (χ0) is 25.2. The van der Waals surface area contributed by atoms with Crippen LogP contribution in [0.3, 0.4) is 0 Å². The molecule has 35 heavy (non-hydrogen) atoms. The number of hydrogen-bond acceptors (Lipinski definition) is 5. The second kappa shape index (κ2) is 9.48. The van der Waals surface area contributed by atoms with Crippen molar-refractivity contribution in [1.29, 1.82) is 0 Å². The van der Waals surface area contributed by atoms with E-state index < -0.39 is 21.5 Å². The number of amides is 1. The van der Waals surface area contributed by atoms with Crippen molar-refractivity contribution in [2.24, 2.45) is 0 Å². The Kier molecular flexibility index (Phi) is 6.60. The Labute approximate surface area is 205 Å². The SMILES string of the molecule is Cc1ccc(-c2cnc(-c3ccccc3C(=O)Nc3cccc(S(=O)(=O)NC(C)(C)C)c3)o2)cc1. The molecular weight excluding hydrogens is 462 g/mol. The van der Waals surface area contributed by atoms with Crippen LogP contribution in [0.15, 0.2) is 88.3 Å². The van der Waals surface area contributed by atoms with Gasteiger partial charge in [0, 0.05) is 22.4 Å². The van der Waals surface area contributed by atoms with Gasteiger partial charge in [0.15, 0.2) is 5.76 Å². The van der Waals surface area contributed by atoms with Crippen molar-refractivity contribution in [2.45, 2.75) is 38.1 Å². The topological polar surface area (TPSA) is 101 Å². The number of nitrogens with zero attached hydrogens (tertiary/aromatic N) is 1. The molecule has 0 aliphatic heterocycles. The molecule has 3 aromatic carbocycles. The summed E-state index contributed by atoms with van der Waals surface area (Å²) < 4.78 is 34.0. The maximum atomic E-state index is 13.2. The molecule has 1 aromatic heterocycles. The number of benzene rings is 3. The molecule has 2 N–H and O–H groups in total. The zero-order valence-corrected chi connectivity index (χ0v) is 20.8. The second-order valence-corrected chi connectivity index (χ2v) is 11.0. The van der Waals surface area contributed by atoms with Gasteiger partial charge in [0.25, 0.3) is 5.91 Å². The molecular formula is C27H27N3O4S. The lowest BCUT2D eigenvalue weighted by Crippen LogP contribution is -2.40. The molecule has 0 fully saturated rings. The number of hydrogen-bond donors (Lipinski definition) is 2. The minimum Gasteiger partial charge on any atom is -0.436 e. The summed E-state index contributed by atoms with van der Waals surface area (Å²) in [5.74, 6) is 0.505. The molecule has 0 aliphatic carbocycles. The van der Waals surface area contributed by atoms with Crippen molar-refractivity contribution in [3.8, 4) is 22.8 Å². The summed E-state index contributed by atoms with van der Waals surface area (Å²) in [6.07, 6.45) is 1.63. The number of aromatic nitrogens is 1. The molecule has 1 heterocycles. The molecule has 8 heteroatoms. The average molecular weight is 490 g/mol. The molecule has 0 saturated carbocycles. The van der Waals surface area contributed by atoms with Crippen molar-refractivity contribution in [1.82, 2.24) is 9.71 Å². The van der Waals surface area contributed by atoms with Crippen LogP contribution < -0.4 is 10.0 Å². The van der Waals surface area contributed by atoms with E-state index in [-0.39, 0.29) is 4.90 Å². The number of carbonyl (C=O) groups excluding carboxylic acids is 1. The summed E-state index contributed by atoms with van der Waals surface area (Å²) in [7, 11) is -3.74. The van der Waals surface area contributed by atoms with E-state index in [1.807, 2.05) is 31.2 Å². The van der Waals surface area contributed by atoms with Gasteiger partial charge >= 0.3 is 0 Å². The summed E-state index contributed by atoms with van der Waals surface area (Å²) in [5, 5.41) is 2.79. The predicted octanol–water partition coefficient (Wildman–Crippen LogP) is 5.65. The standard InChI is InChI=1S/C27H27N3O4S/c1-18-12-14-19(15-13-18)24-17-28-26(34-24)23-11-6-5-10-22(23)25(31)29-20-8-7-9-21(16-20)35(32,33)30-27(2,3)4/h5-17,30H,1-4H3,(H,29,31). The Morgan fingerprint density at radius 1 is 0.943 bits per heavy atom. The molecule has 1 amide bonds. The Morgan fingerprint density at radius 3 is 2.37 bits per heavy atom. The first kappa shape index (κ1) is 24.4. The lowest BCUT2D eigenvalue weighted by Gasteiger charge is -2.20. The highest BCUT2D eigenvalue weighted by atomic mass is 32.2. The van der Waals surface area contributed by atoms with Crippen LogP contribution in [-0.4, -0.2) is 24.8 Å². The van der Waals surface area contributed by atoms with E-state index in [1.54, 1.807) is 63.4 Å². The number of anilines is 1. The van der Waals surface area contributed by atoms with Gasteiger partial charge in [-0.3, -0.25) is 4.79 Å². The van der Waals surface area contributed by atoms with Crippen LogP contribution in [0, 0.1) is 6.92 Å². The molecule has 0 saturated heterocycles. The molecule has 0 spiro atoms. The highest BCUT2D eigenvalue weighted by Crippen LogP contribution is 2.29. The first-order chi connectivity index (χ1) is 16.5. The van der Waals surface area contributed by atoms with E-state index >= 15 is 0 Å². The fraction of sp³-hybridized carbons (Fsp3) is 0.185. The van der Waals surface area contributed by atoms with Gasteiger partial charge in [-0.25, -0.2) is 18.1 Å². The van der Waals surface area contributed by atoms with Crippen molar-refractivity contribution >= 4 is 21.6 Å². The van der Waals surface area contributed by atoms with Gasteiger partial charge < -0.3 is 9.73 Å². The Morgan fingerprint density at radius 2 is 1.66 bits per heavy atom. The third kappa shape index (κ3) is 5.85. The number of sulfonamides is 1. The molecule has 0 bridgehead atoms. The molecule has 0 unspecified atom stereocenters. The summed E-state index contributed by atoms with van der Waals surface area (Å²) >= 11 is 0. The fourth-order valence-electron chi connectivity index (χ4n) is 3.52. The predicted molar refractivity (Wildman–Crippen MR) is 137 cm³/mol. The van der Waals surface area contributed by atoms with Gasteiger partial charge in [-0.1, -0.05) is 48.0 Å². The van der Waals surface area contributed by atoms with Crippen LogP contribution in [0.5, 0.6) is 0 Å². The van der Waals surface area contributed by atoms with E-state index in [4.69, 9.17) is 4.42 Å². The minimum absolute atomic E-state index is 0.0638. The third-order valence-electron chi connectivity index (χ3n) is 5.09. The quantitative estimate of drug-likeness (QED) is 0.365. The average Bonchev–Trinajstić information content (AvgIpc) is 3.28. The van der Waals surface area contributed by atoms with Crippen LogP contribution in [-0.2, 0) is 10.0 Å². The van der Waals surface area contributed by atoms with Gasteiger partial charge in [0.2, 0.25) is 15.9 Å². The van der Waals surface area contributed by atoms with Crippen LogP contribution in [0.4, 0.5) is 5.69 Å². The van der Waals surface area contributed by atoms with E-state index in [0.29, 0.717) is 28.5 Å². The van der Waals surface area contributed by atoms with E-state index in [9.17, 15) is 13.2 Å². The molecule has 0 radical (unpaired) electrons. The van der Waals surface area contributed by atoms with Gasteiger partial charge in [0.1, 0.15) is 0 Å². The summed E-state index contributed by atoms with van der Waals surface area (Å²) in [4.78, 5) is 17.6. The zero-order valence-electron chi connectivity index (χ0n) is 20.0. The third-order valence-corrected chi connectivity index (χ3v) is 6.84. The number of rotatable bonds is 6. The van der Waals surface area contributed by atoms with Crippen molar-refractivity contribution in [3.63, 3.8) is 0 Å². The highest BCUT2D eigenvalue weighted by molar-refractivity contribution is 7.89. The Balaban J connectivity index is 1.60. The summed E-state index contributed by atoms with van der Waals surface area (Å²) in [5.41, 5.74) is 2.63. The molecule has 0 aliphatic rings. The number of oxazole rings is 1. The molecule has 0 atom stereocenters. The van der Waals surface area contributed by atoms with E-state index in [1.165, 1.54) is 12.1 Å². The lowest BCUT2D eigenvalue weighted by molar-refractivity contribution is 0.102. The lowest BCUT2D eigenvalue weighted by atomic mass is 10.1. The van der Waals surface area contributed by atoms with Gasteiger partial charge in [-0.2, -0.15) is 0 Å². The normalized spacial score (nSPS) is 11.9. The number of aryl methyl sites for hydroxylation is 1. The maximum absolute atomic E-state index is 13.2. The van der Waals surface area contributed by atoms with Crippen molar-refractivity contribution in [3.05, 3.63) is 90.1 Å². The smallest absolute Gasteiger partial charge is 0.256 e. The van der Waals surface area contributed by atoms with Gasteiger partial charge in [0.05, 0.1) is 16.7 Å². The minimum atomic E-state index is -3.74. The van der Waals surface area contributed by atoms with Crippen LogP contribution in [0.25, 0.3) is 22.8 Å². The Hall–Kier alpha value is -3.75. The number of carbonyl (C=O) groups is 1. The van der Waals surface area contributed by atoms with E-state index in [0.717, 1.165) is 11.1 Å². The molecule has 7 nitrogen and oxygen atoms in total. The first-order valence-electron chi connectivity index (χ1n) is 11.1. The second-order valence-electron chi connectivity index (χ2n) is 9.28. The van der Waals surface area contributed by atoms with E-state index in [2.05, 4.69) is 15.0 Å². The van der Waals surface area contributed by atoms with Gasteiger partial charge in [-0.15, -0.1) is 0 Å². The summed E-state index contributed by atoms with van der Waals surface area (Å²) in [6.45, 7) is 7.30. The first-order valence-corrected chi connectivity index (χ1v) is 12.6. The van der Waals surface area contributed by atoms with Crippen molar-refractivity contribution < 1.29 is 17.6 Å². The van der Waals surface area contributed by atoms with Gasteiger partial charge in [-0.05, 0) is 58.0 Å². The van der Waals surface area contributed by atoms with Crippen LogP contribution in [0.1, 0.15) is 36.7 Å². The highest BCUT2D eigenvalue weighted by Gasteiger charge is 2.23. The fourth-order valence-corrected chi connectivity index (χ4v) is 4.98. The molecule has 4 aromatic rings. The number of nitrogens with one attached hydrogen (secondary N) is 2. The van der Waals surface area contributed by atoms with Crippen LogP contribution >= 0.6 is 0 Å². The van der Waals surface area contributed by atoms with Crippen molar-refractivity contribution in [2.75, 3.05) is 5.32 Å². The summed E-state index contributed by atoms with van der Waals surface area (Å²) in [6, 6.07) is 21.0.